The molecule has 1 aromatic rings. The Balaban J connectivity index is 1.59. The first-order chi connectivity index (χ1) is 10.3. The van der Waals surface area contributed by atoms with E-state index in [1.165, 1.54) is 30.6 Å². The van der Waals surface area contributed by atoms with Crippen molar-refractivity contribution in [2.45, 2.75) is 50.6 Å². The van der Waals surface area contributed by atoms with Crippen molar-refractivity contribution in [2.24, 2.45) is 0 Å². The Bertz CT molecular complexity index is 436. The second-order valence-corrected chi connectivity index (χ2v) is 7.09. The smallest absolute Gasteiger partial charge is 0.315 e. The third kappa shape index (κ3) is 4.45. The van der Waals surface area contributed by atoms with Gasteiger partial charge in [-0.2, -0.15) is 0 Å². The number of thiophene rings is 1. The van der Waals surface area contributed by atoms with E-state index in [-0.39, 0.29) is 6.03 Å². The van der Waals surface area contributed by atoms with Gasteiger partial charge in [0.05, 0.1) is 6.04 Å². The number of amides is 2. The zero-order chi connectivity index (χ0) is 14.5. The minimum atomic E-state index is -0.00567. The van der Waals surface area contributed by atoms with E-state index in [0.717, 1.165) is 25.9 Å². The summed E-state index contributed by atoms with van der Waals surface area (Å²) >= 11 is 1.80. The number of hydrogen-bond donors (Lipinski definition) is 2. The summed E-state index contributed by atoms with van der Waals surface area (Å²) in [6.07, 6.45) is 7.49. The van der Waals surface area contributed by atoms with Gasteiger partial charge in [-0.1, -0.05) is 18.9 Å². The van der Waals surface area contributed by atoms with Crippen molar-refractivity contribution in [3.63, 3.8) is 0 Å². The summed E-state index contributed by atoms with van der Waals surface area (Å²) in [6.45, 7) is 3.00. The van der Waals surface area contributed by atoms with Gasteiger partial charge in [0.1, 0.15) is 0 Å². The first-order valence-electron chi connectivity index (χ1n) is 8.15. The Morgan fingerprint density at radius 1 is 1.29 bits per heavy atom. The van der Waals surface area contributed by atoms with Crippen LogP contribution in [-0.2, 0) is 0 Å². The zero-order valence-corrected chi connectivity index (χ0v) is 13.3. The van der Waals surface area contributed by atoms with Crippen molar-refractivity contribution < 1.29 is 4.79 Å². The number of carbonyl (C=O) groups is 1. The van der Waals surface area contributed by atoms with Gasteiger partial charge in [0.25, 0.3) is 0 Å². The average Bonchev–Trinajstić information content (AvgIpc) is 3.20. The van der Waals surface area contributed by atoms with Crippen LogP contribution in [0.4, 0.5) is 4.79 Å². The molecule has 2 aliphatic rings. The van der Waals surface area contributed by atoms with Crippen LogP contribution < -0.4 is 10.6 Å². The number of nitrogens with zero attached hydrogens (tertiary/aromatic N) is 1. The van der Waals surface area contributed by atoms with E-state index in [1.807, 2.05) is 0 Å². The van der Waals surface area contributed by atoms with Crippen molar-refractivity contribution in [2.75, 3.05) is 19.6 Å². The van der Waals surface area contributed by atoms with Crippen LogP contribution in [-0.4, -0.2) is 36.6 Å². The molecular weight excluding hydrogens is 282 g/mol. The first kappa shape index (κ1) is 14.9. The summed E-state index contributed by atoms with van der Waals surface area (Å²) in [6, 6.07) is 5.04. The van der Waals surface area contributed by atoms with Gasteiger partial charge in [-0.05, 0) is 50.2 Å². The second-order valence-electron chi connectivity index (χ2n) is 6.11. The molecule has 1 aliphatic heterocycles. The summed E-state index contributed by atoms with van der Waals surface area (Å²) in [5.41, 5.74) is 0. The van der Waals surface area contributed by atoms with Crippen LogP contribution in [0, 0.1) is 0 Å². The maximum atomic E-state index is 11.9. The summed E-state index contributed by atoms with van der Waals surface area (Å²) in [5, 5.41) is 8.21. The molecule has 0 bridgehead atoms. The van der Waals surface area contributed by atoms with Crippen molar-refractivity contribution >= 4 is 17.4 Å². The van der Waals surface area contributed by atoms with Crippen LogP contribution in [0.25, 0.3) is 0 Å². The minimum absolute atomic E-state index is 0.00567. The van der Waals surface area contributed by atoms with Crippen LogP contribution in [0.5, 0.6) is 0 Å². The SMILES string of the molecule is O=C(NC[C@H](c1cccs1)N1CCCCCC1)NC1CC1. The number of carbonyl (C=O) groups excluding carboxylic acids is 1. The minimum Gasteiger partial charge on any atom is -0.336 e. The lowest BCUT2D eigenvalue weighted by Crippen LogP contribution is -2.43. The van der Waals surface area contributed by atoms with Crippen molar-refractivity contribution in [3.05, 3.63) is 22.4 Å². The van der Waals surface area contributed by atoms with Crippen LogP contribution >= 0.6 is 11.3 Å². The van der Waals surface area contributed by atoms with Gasteiger partial charge in [-0.15, -0.1) is 11.3 Å². The van der Waals surface area contributed by atoms with Gasteiger partial charge in [0, 0.05) is 17.5 Å². The largest absolute Gasteiger partial charge is 0.336 e. The normalized spacial score (nSPS) is 21.5. The summed E-state index contributed by atoms with van der Waals surface area (Å²) in [7, 11) is 0. The van der Waals surface area contributed by atoms with Crippen LogP contribution in [0.15, 0.2) is 17.5 Å². The highest BCUT2D eigenvalue weighted by Crippen LogP contribution is 2.27. The molecule has 21 heavy (non-hydrogen) atoms. The molecule has 2 fully saturated rings. The van der Waals surface area contributed by atoms with E-state index in [4.69, 9.17) is 0 Å². The van der Waals surface area contributed by atoms with E-state index in [2.05, 4.69) is 33.0 Å². The molecule has 3 rings (SSSR count). The number of rotatable bonds is 5. The fraction of sp³-hybridized carbons (Fsp3) is 0.688. The van der Waals surface area contributed by atoms with Gasteiger partial charge in [0.15, 0.2) is 0 Å². The third-order valence-corrected chi connectivity index (χ3v) is 5.30. The predicted octanol–water partition coefficient (Wildman–Crippen LogP) is 3.13. The van der Waals surface area contributed by atoms with E-state index in [1.54, 1.807) is 11.3 Å². The molecule has 1 saturated heterocycles. The number of nitrogens with one attached hydrogen (secondary N) is 2. The fourth-order valence-electron chi connectivity index (χ4n) is 2.95. The van der Waals surface area contributed by atoms with Crippen molar-refractivity contribution in [1.82, 2.24) is 15.5 Å². The number of hydrogen-bond acceptors (Lipinski definition) is 3. The molecule has 1 aliphatic carbocycles. The monoisotopic (exact) mass is 307 g/mol. The van der Waals surface area contributed by atoms with Crippen molar-refractivity contribution in [3.8, 4) is 0 Å². The Morgan fingerprint density at radius 2 is 2.05 bits per heavy atom. The molecular formula is C16H25N3OS. The van der Waals surface area contributed by atoms with Crippen LogP contribution in [0.2, 0.25) is 0 Å². The van der Waals surface area contributed by atoms with E-state index >= 15 is 0 Å². The molecule has 4 nitrogen and oxygen atoms in total. The van der Waals surface area contributed by atoms with Crippen LogP contribution in [0.1, 0.15) is 49.4 Å². The molecule has 0 spiro atoms. The lowest BCUT2D eigenvalue weighted by atomic mass is 10.2. The van der Waals surface area contributed by atoms with Crippen molar-refractivity contribution in [1.29, 1.82) is 0 Å². The van der Waals surface area contributed by atoms with Gasteiger partial charge in [-0.25, -0.2) is 4.79 Å². The topological polar surface area (TPSA) is 44.4 Å². The average molecular weight is 307 g/mol. The molecule has 2 heterocycles. The first-order valence-corrected chi connectivity index (χ1v) is 9.03. The van der Waals surface area contributed by atoms with Crippen LogP contribution in [0.3, 0.4) is 0 Å². The molecule has 2 N–H and O–H groups in total. The highest BCUT2D eigenvalue weighted by molar-refractivity contribution is 7.10. The quantitative estimate of drug-likeness (QED) is 0.878. The molecule has 0 unspecified atom stereocenters. The maximum Gasteiger partial charge on any atom is 0.315 e. The fourth-order valence-corrected chi connectivity index (χ4v) is 3.81. The van der Waals surface area contributed by atoms with E-state index in [9.17, 15) is 4.79 Å². The molecule has 0 radical (unpaired) electrons. The van der Waals surface area contributed by atoms with Gasteiger partial charge < -0.3 is 10.6 Å². The predicted molar refractivity (Wildman–Crippen MR) is 86.7 cm³/mol. The lowest BCUT2D eigenvalue weighted by molar-refractivity contribution is 0.198. The summed E-state index contributed by atoms with van der Waals surface area (Å²) < 4.78 is 0. The zero-order valence-electron chi connectivity index (χ0n) is 12.5. The second kappa shape index (κ2) is 7.27. The molecule has 1 aromatic heterocycles. The Hall–Kier alpha value is -1.07. The number of likely N-dealkylation sites (tertiary alicyclic amines) is 1. The molecule has 116 valence electrons. The van der Waals surface area contributed by atoms with E-state index in [0.29, 0.717) is 18.6 Å². The number of urea groups is 1. The Labute approximate surface area is 130 Å². The summed E-state index contributed by atoms with van der Waals surface area (Å²) in [5.74, 6) is 0. The Morgan fingerprint density at radius 3 is 2.67 bits per heavy atom. The lowest BCUT2D eigenvalue weighted by Gasteiger charge is -2.30. The highest BCUT2D eigenvalue weighted by Gasteiger charge is 2.25. The van der Waals surface area contributed by atoms with E-state index < -0.39 is 0 Å². The van der Waals surface area contributed by atoms with Gasteiger partial charge in [0.2, 0.25) is 0 Å². The highest BCUT2D eigenvalue weighted by atomic mass is 32.1. The maximum absolute atomic E-state index is 11.9. The molecule has 1 atom stereocenters. The third-order valence-electron chi connectivity index (χ3n) is 4.32. The Kier molecular flexibility index (Phi) is 5.14. The molecule has 0 aromatic carbocycles. The van der Waals surface area contributed by atoms with Gasteiger partial charge >= 0.3 is 6.03 Å². The summed E-state index contributed by atoms with van der Waals surface area (Å²) in [4.78, 5) is 15.8. The molecule has 2 amide bonds. The van der Waals surface area contributed by atoms with Gasteiger partial charge in [-0.3, -0.25) is 4.90 Å². The molecule has 1 saturated carbocycles. The molecule has 5 heteroatoms. The standard InChI is InChI=1S/C16H25N3OS/c20-16(18-13-7-8-13)17-12-14(15-6-5-11-21-15)19-9-3-1-2-4-10-19/h5-6,11,13-14H,1-4,7-10,12H2,(H2,17,18,20)/t14-/m1/s1.